The summed E-state index contributed by atoms with van der Waals surface area (Å²) in [7, 11) is 0. The highest BCUT2D eigenvalue weighted by atomic mass is 16.5. The molecule has 2 aromatic rings. The number of hydrogen-bond donors (Lipinski definition) is 1. The average Bonchev–Trinajstić information content (AvgIpc) is 3.34. The largest absolute Gasteiger partial charge is 0.359 e. The normalized spacial score (nSPS) is 19.9. The SMILES string of the molecule is CCc1cc(CNC(=O)[C@]2(C)CCCN(C(=O)c3ccn(CC)n3)C2)on1. The van der Waals surface area contributed by atoms with Crippen LogP contribution in [-0.2, 0) is 24.3 Å². The maximum Gasteiger partial charge on any atom is 0.274 e. The van der Waals surface area contributed by atoms with E-state index in [-0.39, 0.29) is 11.8 Å². The molecule has 146 valence electrons. The van der Waals surface area contributed by atoms with Gasteiger partial charge >= 0.3 is 0 Å². The van der Waals surface area contributed by atoms with Gasteiger partial charge in [0.15, 0.2) is 5.76 Å². The quantitative estimate of drug-likeness (QED) is 0.836. The molecule has 1 saturated heterocycles. The van der Waals surface area contributed by atoms with Crippen molar-refractivity contribution in [2.75, 3.05) is 13.1 Å². The first kappa shape index (κ1) is 19.1. The number of rotatable bonds is 6. The van der Waals surface area contributed by atoms with E-state index in [9.17, 15) is 9.59 Å². The molecule has 3 rings (SSSR count). The van der Waals surface area contributed by atoms with Crippen molar-refractivity contribution >= 4 is 11.8 Å². The number of nitrogens with zero attached hydrogens (tertiary/aromatic N) is 4. The van der Waals surface area contributed by atoms with Crippen LogP contribution in [0.1, 0.15) is 55.6 Å². The number of carbonyl (C=O) groups excluding carboxylic acids is 2. The van der Waals surface area contributed by atoms with Crippen LogP contribution in [0.3, 0.4) is 0 Å². The van der Waals surface area contributed by atoms with E-state index in [1.165, 1.54) is 0 Å². The molecule has 0 radical (unpaired) electrons. The minimum Gasteiger partial charge on any atom is -0.359 e. The summed E-state index contributed by atoms with van der Waals surface area (Å²) in [6.07, 6.45) is 4.11. The van der Waals surface area contributed by atoms with Crippen LogP contribution in [-0.4, -0.2) is 44.7 Å². The molecule has 0 unspecified atom stereocenters. The number of aromatic nitrogens is 3. The lowest BCUT2D eigenvalue weighted by Crippen LogP contribution is -2.51. The second kappa shape index (κ2) is 7.94. The monoisotopic (exact) mass is 373 g/mol. The van der Waals surface area contributed by atoms with Gasteiger partial charge in [0.2, 0.25) is 5.91 Å². The summed E-state index contributed by atoms with van der Waals surface area (Å²) in [6.45, 7) is 7.92. The summed E-state index contributed by atoms with van der Waals surface area (Å²) in [4.78, 5) is 27.3. The van der Waals surface area contributed by atoms with Gasteiger partial charge in [-0.1, -0.05) is 12.1 Å². The molecule has 0 spiro atoms. The van der Waals surface area contributed by atoms with E-state index in [2.05, 4.69) is 15.6 Å². The molecule has 2 aromatic heterocycles. The number of nitrogens with one attached hydrogen (secondary N) is 1. The summed E-state index contributed by atoms with van der Waals surface area (Å²) >= 11 is 0. The van der Waals surface area contributed by atoms with Crippen molar-refractivity contribution in [3.63, 3.8) is 0 Å². The smallest absolute Gasteiger partial charge is 0.274 e. The number of piperidine rings is 1. The molecule has 2 amide bonds. The topological polar surface area (TPSA) is 93.3 Å². The van der Waals surface area contributed by atoms with E-state index >= 15 is 0 Å². The number of carbonyl (C=O) groups is 2. The van der Waals surface area contributed by atoms with Gasteiger partial charge in [0.05, 0.1) is 17.7 Å². The van der Waals surface area contributed by atoms with Crippen LogP contribution in [0, 0.1) is 5.41 Å². The van der Waals surface area contributed by atoms with Crippen LogP contribution in [0.2, 0.25) is 0 Å². The Bertz CT molecular complexity index is 812. The maximum absolute atomic E-state index is 12.8. The maximum atomic E-state index is 12.8. The molecule has 3 heterocycles. The van der Waals surface area contributed by atoms with Gasteiger partial charge in [-0.3, -0.25) is 14.3 Å². The number of hydrogen-bond acceptors (Lipinski definition) is 5. The number of likely N-dealkylation sites (tertiary alicyclic amines) is 1. The first-order chi connectivity index (χ1) is 12.9. The Morgan fingerprint density at radius 2 is 2.19 bits per heavy atom. The van der Waals surface area contributed by atoms with Gasteiger partial charge in [0.25, 0.3) is 5.91 Å². The average molecular weight is 373 g/mol. The Morgan fingerprint density at radius 3 is 2.85 bits per heavy atom. The van der Waals surface area contributed by atoms with Gasteiger partial charge < -0.3 is 14.7 Å². The van der Waals surface area contributed by atoms with Crippen LogP contribution >= 0.6 is 0 Å². The molecule has 0 aliphatic carbocycles. The number of amides is 2. The molecule has 0 aromatic carbocycles. The van der Waals surface area contributed by atoms with Gasteiger partial charge in [0.1, 0.15) is 5.69 Å². The van der Waals surface area contributed by atoms with Crippen molar-refractivity contribution in [3.05, 3.63) is 35.5 Å². The number of aryl methyl sites for hydroxylation is 2. The van der Waals surface area contributed by atoms with Crippen molar-refractivity contribution in [2.24, 2.45) is 5.41 Å². The predicted molar refractivity (Wildman–Crippen MR) is 98.9 cm³/mol. The van der Waals surface area contributed by atoms with Gasteiger partial charge in [-0.15, -0.1) is 0 Å². The summed E-state index contributed by atoms with van der Waals surface area (Å²) < 4.78 is 6.94. The molecule has 1 atom stereocenters. The van der Waals surface area contributed by atoms with E-state index in [1.807, 2.05) is 26.8 Å². The Balaban J connectivity index is 1.62. The summed E-state index contributed by atoms with van der Waals surface area (Å²) in [5, 5.41) is 11.1. The second-order valence-electron chi connectivity index (χ2n) is 7.27. The minimum absolute atomic E-state index is 0.0754. The lowest BCUT2D eigenvalue weighted by atomic mass is 9.81. The molecule has 1 aliphatic heterocycles. The van der Waals surface area contributed by atoms with Gasteiger partial charge in [-0.25, -0.2) is 0 Å². The molecule has 1 aliphatic rings. The van der Waals surface area contributed by atoms with E-state index in [0.29, 0.717) is 31.1 Å². The van der Waals surface area contributed by atoms with Crippen LogP contribution in [0.15, 0.2) is 22.9 Å². The Morgan fingerprint density at radius 1 is 1.37 bits per heavy atom. The van der Waals surface area contributed by atoms with Gasteiger partial charge in [0, 0.05) is 31.9 Å². The van der Waals surface area contributed by atoms with Crippen molar-refractivity contribution < 1.29 is 14.1 Å². The summed E-state index contributed by atoms with van der Waals surface area (Å²) in [5.74, 6) is 0.440. The predicted octanol–water partition coefficient (Wildman–Crippen LogP) is 2.01. The Labute approximate surface area is 158 Å². The van der Waals surface area contributed by atoms with E-state index < -0.39 is 5.41 Å². The highest BCUT2D eigenvalue weighted by Gasteiger charge is 2.39. The molecule has 1 N–H and O–H groups in total. The van der Waals surface area contributed by atoms with Crippen LogP contribution in [0.25, 0.3) is 0 Å². The molecular formula is C19H27N5O3. The lowest BCUT2D eigenvalue weighted by Gasteiger charge is -2.39. The van der Waals surface area contributed by atoms with Crippen molar-refractivity contribution in [3.8, 4) is 0 Å². The third kappa shape index (κ3) is 4.20. The Hall–Kier alpha value is -2.64. The summed E-state index contributed by atoms with van der Waals surface area (Å²) in [5.41, 5.74) is 0.663. The first-order valence-corrected chi connectivity index (χ1v) is 9.50. The van der Waals surface area contributed by atoms with E-state index in [4.69, 9.17) is 4.52 Å². The van der Waals surface area contributed by atoms with Gasteiger partial charge in [-0.05, 0) is 39.2 Å². The molecular weight excluding hydrogens is 346 g/mol. The van der Waals surface area contributed by atoms with E-state index in [1.54, 1.807) is 21.8 Å². The standard InChI is InChI=1S/C19H27N5O3/c1-4-14-11-15(27-22-14)12-20-18(26)19(3)8-6-9-23(13-19)17(25)16-7-10-24(5-2)21-16/h7,10-11H,4-6,8-9,12-13H2,1-3H3,(H,20,26)/t19-/m1/s1. The molecule has 8 heteroatoms. The molecule has 8 nitrogen and oxygen atoms in total. The highest BCUT2D eigenvalue weighted by Crippen LogP contribution is 2.30. The Kier molecular flexibility index (Phi) is 5.62. The third-order valence-corrected chi connectivity index (χ3v) is 5.11. The highest BCUT2D eigenvalue weighted by molar-refractivity contribution is 5.93. The van der Waals surface area contributed by atoms with Crippen LogP contribution < -0.4 is 5.32 Å². The van der Waals surface area contributed by atoms with Crippen LogP contribution in [0.4, 0.5) is 0 Å². The zero-order valence-electron chi connectivity index (χ0n) is 16.2. The fraction of sp³-hybridized carbons (Fsp3) is 0.579. The third-order valence-electron chi connectivity index (χ3n) is 5.11. The zero-order valence-corrected chi connectivity index (χ0v) is 16.2. The molecule has 27 heavy (non-hydrogen) atoms. The zero-order chi connectivity index (χ0) is 19.4. The fourth-order valence-corrected chi connectivity index (χ4v) is 3.40. The molecule has 0 saturated carbocycles. The first-order valence-electron chi connectivity index (χ1n) is 9.50. The van der Waals surface area contributed by atoms with Gasteiger partial charge in [-0.2, -0.15) is 5.10 Å². The minimum atomic E-state index is -0.630. The summed E-state index contributed by atoms with van der Waals surface area (Å²) in [6, 6.07) is 3.58. The fourth-order valence-electron chi connectivity index (χ4n) is 3.40. The molecule has 1 fully saturated rings. The van der Waals surface area contributed by atoms with Crippen LogP contribution in [0.5, 0.6) is 0 Å². The van der Waals surface area contributed by atoms with Crippen molar-refractivity contribution in [1.82, 2.24) is 25.2 Å². The molecule has 0 bridgehead atoms. The lowest BCUT2D eigenvalue weighted by molar-refractivity contribution is -0.132. The van der Waals surface area contributed by atoms with Crippen molar-refractivity contribution in [1.29, 1.82) is 0 Å². The second-order valence-corrected chi connectivity index (χ2v) is 7.27. The van der Waals surface area contributed by atoms with Crippen molar-refractivity contribution in [2.45, 2.75) is 53.1 Å². The van der Waals surface area contributed by atoms with E-state index in [0.717, 1.165) is 31.5 Å².